The molecule has 0 aliphatic carbocycles. The highest BCUT2D eigenvalue weighted by Crippen LogP contribution is 2.22. The second kappa shape index (κ2) is 50.3. The Morgan fingerprint density at radius 2 is 0.893 bits per heavy atom. The molecule has 2 heterocycles. The molecular formula is C81H126N20O20. The number of aromatic hydroxyl groups is 1. The van der Waals surface area contributed by atoms with Gasteiger partial charge in [0.25, 0.3) is 0 Å². The number of hydrogen-bond donors (Lipinski definition) is 22. The second-order valence-electron chi connectivity index (χ2n) is 32.7. The molecule has 25 N–H and O–H groups in total. The number of benzene rings is 2. The van der Waals surface area contributed by atoms with Gasteiger partial charge in [0.1, 0.15) is 84.3 Å². The number of aromatic amines is 1. The molecule has 121 heavy (non-hydrogen) atoms. The molecule has 0 radical (unpaired) electrons. The van der Waals surface area contributed by atoms with Crippen LogP contribution in [0.2, 0.25) is 0 Å². The van der Waals surface area contributed by atoms with Gasteiger partial charge in [-0.05, 0) is 117 Å². The summed E-state index contributed by atoms with van der Waals surface area (Å²) in [6.07, 6.45) is 1.05. The molecule has 1 aromatic heterocycles. The molecule has 1 fully saturated rings. The number of carbonyl (C=O) groups is 16. The van der Waals surface area contributed by atoms with Gasteiger partial charge in [-0.1, -0.05) is 126 Å². The first-order valence-electron chi connectivity index (χ1n) is 40.8. The monoisotopic (exact) mass is 1700 g/mol. The van der Waals surface area contributed by atoms with Crippen molar-refractivity contribution in [3.8, 4) is 5.75 Å². The van der Waals surface area contributed by atoms with E-state index in [1.165, 1.54) is 41.7 Å². The van der Waals surface area contributed by atoms with Gasteiger partial charge in [-0.25, -0.2) is 9.78 Å². The van der Waals surface area contributed by atoms with Crippen LogP contribution in [-0.4, -0.2) is 240 Å². The van der Waals surface area contributed by atoms with Gasteiger partial charge in [-0.15, -0.1) is 0 Å². The Kier molecular flexibility index (Phi) is 42.2. The summed E-state index contributed by atoms with van der Waals surface area (Å²) < 4.78 is 0. The van der Waals surface area contributed by atoms with Gasteiger partial charge < -0.3 is 117 Å². The van der Waals surface area contributed by atoms with E-state index < -0.39 is 216 Å². The largest absolute Gasteiger partial charge is 0.508 e. The van der Waals surface area contributed by atoms with Crippen LogP contribution in [0.1, 0.15) is 171 Å². The number of H-pyrrole nitrogens is 1. The van der Waals surface area contributed by atoms with E-state index in [0.29, 0.717) is 23.2 Å². The lowest BCUT2D eigenvalue weighted by molar-refractivity contribution is -0.142. The molecule has 1 saturated heterocycles. The maximum absolute atomic E-state index is 14.6. The maximum atomic E-state index is 14.6. The summed E-state index contributed by atoms with van der Waals surface area (Å²) in [6, 6.07) is -6.32. The normalized spacial score (nSPS) is 15.9. The van der Waals surface area contributed by atoms with Crippen molar-refractivity contribution in [2.24, 2.45) is 52.7 Å². The molecule has 40 heteroatoms. The highest BCUT2D eigenvalue weighted by Gasteiger charge is 2.42. The van der Waals surface area contributed by atoms with E-state index in [2.05, 4.69) is 79.1 Å². The van der Waals surface area contributed by atoms with Gasteiger partial charge >= 0.3 is 11.9 Å². The molecule has 0 bridgehead atoms. The smallest absolute Gasteiger partial charge is 0.326 e. The standard InChI is InChI=1S/C81H126N20O20/c1-41(2)32-54(69(109)92-55(33-42(3)4)70(110)96-59(80(120)121)37-49-38-86-40-88-49)91-67(107)53(27-29-63(105)106)90-72(112)57(35-47-18-14-13-15-19-47)93-74(114)60(39-102)97-71(111)56(34-43(5)6)95-76(116)64(44(7)8)99-78(118)66(46(11)12)100-77(117)65(45(9)10)98-68(108)52(20-16-30-87-81(84)85)89-73(113)58(36-48-22-24-50(103)25-23-48)94-75(115)61-21-17-31-101(61)79(119)51(82)26-28-62(83)104/h13-15,18-19,22-25,38,40-46,51-61,64-66,102-103H,16-17,20-21,26-37,39,82H2,1-12H3,(H2,83,104)(H,86,88)(H,89,113)(H,90,112)(H,91,107)(H,92,109)(H,93,114)(H,94,115)(H,95,116)(H,96,110)(H,97,111)(H,98,108)(H,99,118)(H,100,117)(H,105,106)(H,120,121)(H4,84,85,87)/t51-,52-,53-,54-,55-,56-,57-,58-,59-,60-,61-,64-,65-,66-/m0/s1. The number of carboxylic acid groups (broad SMARTS) is 2. The number of phenolic OH excluding ortho intramolecular Hbond substituents is 1. The van der Waals surface area contributed by atoms with Crippen LogP contribution in [0.3, 0.4) is 0 Å². The lowest BCUT2D eigenvalue weighted by Crippen LogP contribution is -2.63. The fourth-order valence-electron chi connectivity index (χ4n) is 13.3. The van der Waals surface area contributed by atoms with Crippen molar-refractivity contribution >= 4 is 101 Å². The first-order chi connectivity index (χ1) is 56.9. The average Bonchev–Trinajstić information content (AvgIpc) is 1.72. The summed E-state index contributed by atoms with van der Waals surface area (Å²) in [5, 5.41) is 82.3. The van der Waals surface area contributed by atoms with Crippen LogP contribution in [0, 0.1) is 40.9 Å². The number of carboxylic acids is 2. The van der Waals surface area contributed by atoms with Crippen LogP contribution >= 0.6 is 0 Å². The third kappa shape index (κ3) is 35.2. The summed E-state index contributed by atoms with van der Waals surface area (Å²) in [7, 11) is 0. The SMILES string of the molecule is CC(C)C[C@H](NC(=O)[C@H](CC(C)C)NC(=O)[C@H](CCC(=O)O)NC(=O)[C@H](Cc1ccccc1)NC(=O)[C@H](CO)NC(=O)[C@H](CC(C)C)NC(=O)[C@@H](NC(=O)[C@@H](NC(=O)[C@@H](NC(=O)[C@H](CCCNC(=N)N)NC(=O)[C@H](Cc1ccc(O)cc1)NC(=O)[C@@H]1CCCN1C(=O)[C@@H](N)CCC(N)=O)C(C)C)C(C)C)C(C)C)C(=O)N[C@@H](Cc1c[nH]cn1)C(=O)O. The van der Waals surface area contributed by atoms with E-state index >= 15 is 0 Å². The molecular weight excluding hydrogens is 1570 g/mol. The fraction of sp³-hybridized carbons (Fsp3) is 0.605. The Morgan fingerprint density at radius 1 is 0.488 bits per heavy atom. The van der Waals surface area contributed by atoms with Gasteiger partial charge in [0.05, 0.1) is 24.7 Å². The molecule has 4 rings (SSSR count). The minimum absolute atomic E-state index is 0.0262. The molecule has 670 valence electrons. The van der Waals surface area contributed by atoms with Crippen molar-refractivity contribution in [3.05, 3.63) is 83.9 Å². The minimum atomic E-state index is -1.84. The van der Waals surface area contributed by atoms with E-state index in [1.54, 1.807) is 113 Å². The average molecular weight is 1700 g/mol. The van der Waals surface area contributed by atoms with E-state index in [0.717, 1.165) is 0 Å². The fourth-order valence-corrected chi connectivity index (χ4v) is 13.3. The highest BCUT2D eigenvalue weighted by molar-refractivity contribution is 6.01. The number of phenols is 1. The van der Waals surface area contributed by atoms with Crippen molar-refractivity contribution in [3.63, 3.8) is 0 Å². The molecule has 14 atom stereocenters. The molecule has 0 unspecified atom stereocenters. The number of aromatic nitrogens is 2. The van der Waals surface area contributed by atoms with E-state index in [4.69, 9.17) is 22.6 Å². The van der Waals surface area contributed by atoms with Crippen molar-refractivity contribution in [1.29, 1.82) is 5.41 Å². The van der Waals surface area contributed by atoms with E-state index in [9.17, 15) is 97.1 Å². The van der Waals surface area contributed by atoms with Crippen LogP contribution in [0.4, 0.5) is 0 Å². The Labute approximate surface area is 703 Å². The van der Waals surface area contributed by atoms with Gasteiger partial charge in [-0.2, -0.15) is 0 Å². The Hall–Kier alpha value is -11.8. The number of likely N-dealkylation sites (tertiary alicyclic amines) is 1. The molecule has 0 saturated carbocycles. The summed E-state index contributed by atoms with van der Waals surface area (Å²) in [5.74, 6) is -18.6. The van der Waals surface area contributed by atoms with E-state index in [-0.39, 0.29) is 113 Å². The highest BCUT2D eigenvalue weighted by atomic mass is 16.4. The molecule has 40 nitrogen and oxygen atoms in total. The zero-order valence-electron chi connectivity index (χ0n) is 70.9. The number of carbonyl (C=O) groups excluding carboxylic acids is 14. The van der Waals surface area contributed by atoms with Gasteiger partial charge in [0.2, 0.25) is 82.7 Å². The summed E-state index contributed by atoms with van der Waals surface area (Å²) in [5.41, 5.74) is 18.2. The Morgan fingerprint density at radius 3 is 1.34 bits per heavy atom. The number of aliphatic hydroxyl groups is 1. The van der Waals surface area contributed by atoms with Crippen LogP contribution in [0.5, 0.6) is 5.75 Å². The molecule has 3 aromatic rings. The predicted molar refractivity (Wildman–Crippen MR) is 442 cm³/mol. The number of amides is 14. The third-order valence-electron chi connectivity index (χ3n) is 19.8. The number of nitrogens with zero attached hydrogens (tertiary/aromatic N) is 2. The first-order valence-corrected chi connectivity index (χ1v) is 40.8. The molecule has 14 amide bonds. The minimum Gasteiger partial charge on any atom is -0.508 e. The van der Waals surface area contributed by atoms with Gasteiger partial charge in [0.15, 0.2) is 5.96 Å². The van der Waals surface area contributed by atoms with Crippen LogP contribution in [0.15, 0.2) is 67.1 Å². The first kappa shape index (κ1) is 102. The zero-order valence-corrected chi connectivity index (χ0v) is 70.9. The number of nitrogens with one attached hydrogen (secondary N) is 15. The number of hydrogen-bond acceptors (Lipinski definition) is 21. The van der Waals surface area contributed by atoms with Gasteiger partial charge in [0, 0.05) is 51.4 Å². The summed E-state index contributed by atoms with van der Waals surface area (Å²) >= 11 is 0. The van der Waals surface area contributed by atoms with Crippen molar-refractivity contribution in [2.75, 3.05) is 19.7 Å². The zero-order chi connectivity index (χ0) is 90.7. The lowest BCUT2D eigenvalue weighted by atomic mass is 9.97. The molecule has 1 aliphatic rings. The molecule has 1 aliphatic heterocycles. The van der Waals surface area contributed by atoms with E-state index in [1.807, 2.05) is 0 Å². The summed E-state index contributed by atoms with van der Waals surface area (Å²) in [4.78, 5) is 231. The van der Waals surface area contributed by atoms with Gasteiger partial charge in [-0.3, -0.25) is 77.3 Å². The third-order valence-corrected chi connectivity index (χ3v) is 19.8. The number of nitrogens with two attached hydrogens (primary N) is 3. The molecule has 2 aromatic carbocycles. The number of rotatable bonds is 52. The number of primary amides is 1. The number of imidazole rings is 1. The van der Waals surface area contributed by atoms with Crippen LogP contribution < -0.4 is 86.3 Å². The predicted octanol–water partition coefficient (Wildman–Crippen LogP) is -2.14. The number of aliphatic carboxylic acids is 2. The number of aliphatic hydroxyl groups excluding tert-OH is 1. The van der Waals surface area contributed by atoms with Crippen LogP contribution in [-0.2, 0) is 96.0 Å². The van der Waals surface area contributed by atoms with Crippen LogP contribution in [0.25, 0.3) is 0 Å². The Balaban J connectivity index is 1.56. The number of guanidine groups is 1. The van der Waals surface area contributed by atoms with Crippen molar-refractivity contribution < 1.29 is 97.1 Å². The summed E-state index contributed by atoms with van der Waals surface area (Å²) in [6.45, 7) is 19.1. The van der Waals surface area contributed by atoms with Crippen molar-refractivity contribution in [2.45, 2.75) is 258 Å². The topological polar surface area (TPSA) is 644 Å². The maximum Gasteiger partial charge on any atom is 0.326 e. The van der Waals surface area contributed by atoms with Crippen molar-refractivity contribution in [1.82, 2.24) is 84.0 Å². The molecule has 0 spiro atoms. The Bertz CT molecular complexity index is 4000. The second-order valence-corrected chi connectivity index (χ2v) is 32.7. The lowest BCUT2D eigenvalue weighted by Gasteiger charge is -2.31. The quantitative estimate of drug-likeness (QED) is 0.0163.